The van der Waals surface area contributed by atoms with Crippen LogP contribution in [0.3, 0.4) is 0 Å². The molecular formula is C29H32N2O4. The van der Waals surface area contributed by atoms with Crippen molar-refractivity contribution in [2.24, 2.45) is 5.92 Å². The molecule has 6 nitrogen and oxygen atoms in total. The van der Waals surface area contributed by atoms with Gasteiger partial charge in [-0.2, -0.15) is 0 Å². The number of para-hydroxylation sites is 1. The molecule has 182 valence electrons. The van der Waals surface area contributed by atoms with Gasteiger partial charge in [0.2, 0.25) is 0 Å². The van der Waals surface area contributed by atoms with Crippen molar-refractivity contribution in [2.75, 3.05) is 25.0 Å². The molecule has 3 aromatic carbocycles. The third-order valence-corrected chi connectivity index (χ3v) is 6.06. The minimum Gasteiger partial charge on any atom is -0.493 e. The summed E-state index contributed by atoms with van der Waals surface area (Å²) in [5.41, 5.74) is 3.48. The van der Waals surface area contributed by atoms with E-state index in [1.807, 2.05) is 92.7 Å². The van der Waals surface area contributed by atoms with Gasteiger partial charge in [0.1, 0.15) is 5.75 Å². The van der Waals surface area contributed by atoms with Gasteiger partial charge in [0.05, 0.1) is 12.7 Å². The van der Waals surface area contributed by atoms with Crippen molar-refractivity contribution in [1.29, 1.82) is 0 Å². The first-order valence-electron chi connectivity index (χ1n) is 12.1. The number of anilines is 1. The molecule has 1 heterocycles. The molecule has 1 aliphatic rings. The molecular weight excluding hydrogens is 440 g/mol. The van der Waals surface area contributed by atoms with Gasteiger partial charge in [0, 0.05) is 24.3 Å². The van der Waals surface area contributed by atoms with Gasteiger partial charge in [-0.3, -0.25) is 4.79 Å². The van der Waals surface area contributed by atoms with Crippen LogP contribution in [0.15, 0.2) is 78.9 Å². The number of nitrogens with zero attached hydrogens (tertiary/aromatic N) is 1. The lowest BCUT2D eigenvalue weighted by molar-refractivity contribution is 0.0608. The minimum absolute atomic E-state index is 0.0939. The molecule has 2 amide bonds. The molecule has 3 aromatic rings. The number of hydrogen-bond acceptors (Lipinski definition) is 4. The van der Waals surface area contributed by atoms with Crippen LogP contribution < -0.4 is 10.1 Å². The second kappa shape index (κ2) is 11.6. The van der Waals surface area contributed by atoms with Gasteiger partial charge in [-0.1, -0.05) is 42.5 Å². The number of carbonyl (C=O) groups is 2. The molecule has 1 N–H and O–H groups in total. The zero-order valence-electron chi connectivity index (χ0n) is 20.3. The smallest absolute Gasteiger partial charge is 0.410 e. The Labute approximate surface area is 206 Å². The van der Waals surface area contributed by atoms with Crippen LogP contribution >= 0.6 is 0 Å². The lowest BCUT2D eigenvalue weighted by atomic mass is 9.98. The first-order chi connectivity index (χ1) is 17.0. The van der Waals surface area contributed by atoms with Crippen molar-refractivity contribution >= 4 is 17.7 Å². The Morgan fingerprint density at radius 1 is 0.886 bits per heavy atom. The van der Waals surface area contributed by atoms with Crippen LogP contribution in [0.25, 0.3) is 11.1 Å². The highest BCUT2D eigenvalue weighted by Gasteiger charge is 2.24. The molecule has 1 fully saturated rings. The molecule has 1 aliphatic heterocycles. The van der Waals surface area contributed by atoms with Gasteiger partial charge in [0.25, 0.3) is 5.91 Å². The predicted molar refractivity (Wildman–Crippen MR) is 138 cm³/mol. The first-order valence-corrected chi connectivity index (χ1v) is 12.1. The summed E-state index contributed by atoms with van der Waals surface area (Å²) in [6.07, 6.45) is 1.51. The third-order valence-electron chi connectivity index (χ3n) is 6.06. The molecule has 0 aromatic heterocycles. The Morgan fingerprint density at radius 3 is 2.09 bits per heavy atom. The molecule has 35 heavy (non-hydrogen) atoms. The van der Waals surface area contributed by atoms with E-state index in [9.17, 15) is 9.59 Å². The topological polar surface area (TPSA) is 67.9 Å². The Kier molecular flexibility index (Phi) is 8.03. The van der Waals surface area contributed by atoms with Crippen molar-refractivity contribution < 1.29 is 19.1 Å². The van der Waals surface area contributed by atoms with E-state index in [4.69, 9.17) is 9.47 Å². The van der Waals surface area contributed by atoms with Crippen LogP contribution in [0.2, 0.25) is 0 Å². The second-order valence-corrected chi connectivity index (χ2v) is 9.10. The monoisotopic (exact) mass is 472 g/mol. The summed E-state index contributed by atoms with van der Waals surface area (Å²) < 4.78 is 11.3. The zero-order valence-corrected chi connectivity index (χ0v) is 20.3. The van der Waals surface area contributed by atoms with Gasteiger partial charge < -0.3 is 19.7 Å². The highest BCUT2D eigenvalue weighted by Crippen LogP contribution is 2.25. The molecule has 0 atom stereocenters. The van der Waals surface area contributed by atoms with E-state index >= 15 is 0 Å². The highest BCUT2D eigenvalue weighted by atomic mass is 16.6. The fourth-order valence-corrected chi connectivity index (χ4v) is 4.05. The maximum atomic E-state index is 12.4. The lowest BCUT2D eigenvalue weighted by Crippen LogP contribution is -2.40. The molecule has 1 saturated heterocycles. The number of hydrogen-bond donors (Lipinski definition) is 1. The standard InChI is InChI=1S/C29H32N2O4/c1-21(2)35-29(33)31-18-16-22(17-19-31)20-34-27-14-12-24(13-15-27)23-8-10-25(11-9-23)28(32)30-26-6-4-3-5-7-26/h3-15,21-22H,16-20H2,1-2H3,(H,30,32). The Hall–Kier alpha value is -3.80. The van der Waals surface area contributed by atoms with E-state index in [-0.39, 0.29) is 18.1 Å². The van der Waals surface area contributed by atoms with Crippen molar-refractivity contribution in [3.8, 4) is 16.9 Å². The number of likely N-dealkylation sites (tertiary alicyclic amines) is 1. The number of rotatable bonds is 7. The molecule has 0 bridgehead atoms. The van der Waals surface area contributed by atoms with Gasteiger partial charge >= 0.3 is 6.09 Å². The van der Waals surface area contributed by atoms with Crippen LogP contribution in [0.1, 0.15) is 37.0 Å². The van der Waals surface area contributed by atoms with Crippen molar-refractivity contribution in [2.45, 2.75) is 32.8 Å². The van der Waals surface area contributed by atoms with E-state index in [0.717, 1.165) is 35.4 Å². The van der Waals surface area contributed by atoms with Crippen LogP contribution in [0.5, 0.6) is 5.75 Å². The summed E-state index contributed by atoms with van der Waals surface area (Å²) in [6, 6.07) is 25.0. The van der Waals surface area contributed by atoms with E-state index in [1.54, 1.807) is 4.90 Å². The Bertz CT molecular complexity index is 1100. The first kappa shape index (κ1) is 24.3. The van der Waals surface area contributed by atoms with E-state index in [1.165, 1.54) is 0 Å². The number of carbonyl (C=O) groups excluding carboxylic acids is 2. The summed E-state index contributed by atoms with van der Waals surface area (Å²) in [4.78, 5) is 26.3. The van der Waals surface area contributed by atoms with Crippen molar-refractivity contribution in [1.82, 2.24) is 4.90 Å². The average Bonchev–Trinajstić information content (AvgIpc) is 2.88. The van der Waals surface area contributed by atoms with Crippen LogP contribution in [-0.2, 0) is 4.74 Å². The van der Waals surface area contributed by atoms with Crippen LogP contribution in [0, 0.1) is 5.92 Å². The second-order valence-electron chi connectivity index (χ2n) is 9.10. The Morgan fingerprint density at radius 2 is 1.49 bits per heavy atom. The van der Waals surface area contributed by atoms with Crippen LogP contribution in [-0.4, -0.2) is 42.7 Å². The van der Waals surface area contributed by atoms with Gasteiger partial charge in [-0.25, -0.2) is 4.79 Å². The fourth-order valence-electron chi connectivity index (χ4n) is 4.05. The predicted octanol–water partition coefficient (Wildman–Crippen LogP) is 6.24. The van der Waals surface area contributed by atoms with E-state index < -0.39 is 0 Å². The number of benzene rings is 3. The average molecular weight is 473 g/mol. The normalized spacial score (nSPS) is 14.0. The molecule has 4 rings (SSSR count). The fraction of sp³-hybridized carbons (Fsp3) is 0.310. The SMILES string of the molecule is CC(C)OC(=O)N1CCC(COc2ccc(-c3ccc(C(=O)Nc4ccccc4)cc3)cc2)CC1. The molecule has 0 saturated carbocycles. The quantitative estimate of drug-likeness (QED) is 0.442. The van der Waals surface area contributed by atoms with Gasteiger partial charge in [-0.15, -0.1) is 0 Å². The molecule has 0 unspecified atom stereocenters. The minimum atomic E-state index is -0.222. The van der Waals surface area contributed by atoms with Gasteiger partial charge in [-0.05, 0) is 80.1 Å². The molecule has 0 aliphatic carbocycles. The number of piperidine rings is 1. The lowest BCUT2D eigenvalue weighted by Gasteiger charge is -2.31. The third kappa shape index (κ3) is 6.85. The summed E-state index contributed by atoms with van der Waals surface area (Å²) in [5.74, 6) is 1.12. The number of ether oxygens (including phenoxy) is 2. The molecule has 0 spiro atoms. The summed E-state index contributed by atoms with van der Waals surface area (Å²) >= 11 is 0. The van der Waals surface area contributed by atoms with Crippen molar-refractivity contribution in [3.63, 3.8) is 0 Å². The number of nitrogens with one attached hydrogen (secondary N) is 1. The summed E-state index contributed by atoms with van der Waals surface area (Å²) in [6.45, 7) is 5.78. The molecule has 6 heteroatoms. The maximum Gasteiger partial charge on any atom is 0.410 e. The number of amides is 2. The van der Waals surface area contributed by atoms with E-state index in [0.29, 0.717) is 31.2 Å². The van der Waals surface area contributed by atoms with Crippen molar-refractivity contribution in [3.05, 3.63) is 84.4 Å². The molecule has 0 radical (unpaired) electrons. The maximum absolute atomic E-state index is 12.4. The summed E-state index contributed by atoms with van der Waals surface area (Å²) in [7, 11) is 0. The summed E-state index contributed by atoms with van der Waals surface area (Å²) in [5, 5.41) is 2.90. The Balaban J connectivity index is 1.25. The van der Waals surface area contributed by atoms with Gasteiger partial charge in [0.15, 0.2) is 0 Å². The zero-order chi connectivity index (χ0) is 24.6. The van der Waals surface area contributed by atoms with E-state index in [2.05, 4.69) is 5.32 Å². The highest BCUT2D eigenvalue weighted by molar-refractivity contribution is 6.04. The largest absolute Gasteiger partial charge is 0.493 e. The van der Waals surface area contributed by atoms with Crippen LogP contribution in [0.4, 0.5) is 10.5 Å².